The van der Waals surface area contributed by atoms with Crippen molar-refractivity contribution in [3.05, 3.63) is 42.0 Å². The molecule has 0 bridgehead atoms. The lowest BCUT2D eigenvalue weighted by molar-refractivity contribution is 0.390. The Kier molecular flexibility index (Phi) is 5.43. The fraction of sp³-hybridized carbons (Fsp3) is 0.400. The van der Waals surface area contributed by atoms with Gasteiger partial charge in [0.05, 0.1) is 14.2 Å². The van der Waals surface area contributed by atoms with Crippen molar-refractivity contribution >= 4 is 0 Å². The molecule has 0 saturated heterocycles. The Labute approximate surface area is 119 Å². The maximum absolute atomic E-state index is 5.37. The van der Waals surface area contributed by atoms with Crippen LogP contribution in [0, 0.1) is 0 Å². The molecule has 5 heteroatoms. The van der Waals surface area contributed by atoms with Crippen molar-refractivity contribution in [1.82, 2.24) is 15.3 Å². The highest BCUT2D eigenvalue weighted by atomic mass is 16.5. The molecule has 1 aromatic carbocycles. The smallest absolute Gasteiger partial charge is 0.127 e. The summed E-state index contributed by atoms with van der Waals surface area (Å²) in [6.07, 6.45) is 5.64. The summed E-state index contributed by atoms with van der Waals surface area (Å²) < 4.78 is 10.6. The van der Waals surface area contributed by atoms with Crippen LogP contribution in [0.15, 0.2) is 30.6 Å². The zero-order valence-corrected chi connectivity index (χ0v) is 12.0. The maximum Gasteiger partial charge on any atom is 0.127 e. The first-order valence-corrected chi connectivity index (χ1v) is 6.73. The summed E-state index contributed by atoms with van der Waals surface area (Å²) in [6, 6.07) is 5.87. The average Bonchev–Trinajstić information content (AvgIpc) is 3.00. The number of nitrogens with zero attached hydrogens (tertiary/aromatic N) is 1. The second kappa shape index (κ2) is 7.55. The van der Waals surface area contributed by atoms with E-state index in [0.717, 1.165) is 48.8 Å². The highest BCUT2D eigenvalue weighted by molar-refractivity contribution is 5.40. The molecule has 0 saturated carbocycles. The normalized spacial score (nSPS) is 10.5. The van der Waals surface area contributed by atoms with Crippen molar-refractivity contribution in [2.24, 2.45) is 0 Å². The summed E-state index contributed by atoms with van der Waals surface area (Å²) >= 11 is 0. The van der Waals surface area contributed by atoms with E-state index in [2.05, 4.69) is 15.3 Å². The minimum absolute atomic E-state index is 0.783. The molecule has 0 aliphatic rings. The van der Waals surface area contributed by atoms with E-state index in [0.29, 0.717) is 0 Å². The van der Waals surface area contributed by atoms with Gasteiger partial charge in [0, 0.05) is 37.0 Å². The summed E-state index contributed by atoms with van der Waals surface area (Å²) in [5.41, 5.74) is 1.13. The average molecular weight is 275 g/mol. The number of aromatic amines is 1. The Hall–Kier alpha value is -2.01. The number of aromatic nitrogens is 2. The molecule has 1 aromatic heterocycles. The monoisotopic (exact) mass is 275 g/mol. The van der Waals surface area contributed by atoms with Gasteiger partial charge in [-0.05, 0) is 19.0 Å². The van der Waals surface area contributed by atoms with Gasteiger partial charge in [-0.1, -0.05) is 6.07 Å². The molecular weight excluding hydrogens is 254 g/mol. The molecule has 5 nitrogen and oxygen atoms in total. The van der Waals surface area contributed by atoms with E-state index in [1.54, 1.807) is 20.4 Å². The van der Waals surface area contributed by atoms with Crippen molar-refractivity contribution in [3.8, 4) is 11.5 Å². The zero-order chi connectivity index (χ0) is 14.2. The van der Waals surface area contributed by atoms with Crippen LogP contribution in [0.2, 0.25) is 0 Å². The topological polar surface area (TPSA) is 59.2 Å². The number of ether oxygens (including phenoxy) is 2. The largest absolute Gasteiger partial charge is 0.497 e. The third-order valence-corrected chi connectivity index (χ3v) is 3.13. The number of H-pyrrole nitrogens is 1. The number of nitrogens with one attached hydrogen (secondary N) is 2. The number of hydrogen-bond acceptors (Lipinski definition) is 4. The van der Waals surface area contributed by atoms with Crippen LogP contribution in [0.3, 0.4) is 0 Å². The lowest BCUT2D eigenvalue weighted by Crippen LogP contribution is -2.16. The SMILES string of the molecule is COc1ccc(CNCCCc2ncc[nH]2)c(OC)c1. The molecule has 0 atom stereocenters. The zero-order valence-electron chi connectivity index (χ0n) is 12.0. The molecule has 2 aromatic rings. The van der Waals surface area contributed by atoms with Gasteiger partial charge < -0.3 is 19.8 Å². The molecule has 2 N–H and O–H groups in total. The number of methoxy groups -OCH3 is 2. The van der Waals surface area contributed by atoms with Gasteiger partial charge in [0.15, 0.2) is 0 Å². The number of hydrogen-bond donors (Lipinski definition) is 2. The first kappa shape index (κ1) is 14.4. The summed E-state index contributed by atoms with van der Waals surface area (Å²) in [5, 5.41) is 3.41. The predicted molar refractivity (Wildman–Crippen MR) is 78.2 cm³/mol. The van der Waals surface area contributed by atoms with Crippen molar-refractivity contribution < 1.29 is 9.47 Å². The highest BCUT2D eigenvalue weighted by Crippen LogP contribution is 2.24. The standard InChI is InChI=1S/C15H21N3O2/c1-19-13-6-5-12(14(10-13)20-2)11-16-7-3-4-15-17-8-9-18-15/h5-6,8-10,16H,3-4,7,11H2,1-2H3,(H,17,18). The Balaban J connectivity index is 1.76. The Morgan fingerprint density at radius 1 is 1.25 bits per heavy atom. The third kappa shape index (κ3) is 3.99. The van der Waals surface area contributed by atoms with Gasteiger partial charge >= 0.3 is 0 Å². The van der Waals surface area contributed by atoms with Crippen molar-refractivity contribution in [2.75, 3.05) is 20.8 Å². The van der Waals surface area contributed by atoms with Crippen molar-refractivity contribution in [2.45, 2.75) is 19.4 Å². The van der Waals surface area contributed by atoms with Crippen LogP contribution in [0.5, 0.6) is 11.5 Å². The molecule has 0 radical (unpaired) electrons. The molecular formula is C15H21N3O2. The second-order valence-electron chi connectivity index (χ2n) is 4.49. The Bertz CT molecular complexity index is 512. The van der Waals surface area contributed by atoms with Crippen molar-refractivity contribution in [3.63, 3.8) is 0 Å². The van der Waals surface area contributed by atoms with Crippen molar-refractivity contribution in [1.29, 1.82) is 0 Å². The van der Waals surface area contributed by atoms with E-state index < -0.39 is 0 Å². The molecule has 1 heterocycles. The third-order valence-electron chi connectivity index (χ3n) is 3.13. The van der Waals surface area contributed by atoms with Crippen LogP contribution < -0.4 is 14.8 Å². The first-order chi connectivity index (χ1) is 9.83. The van der Waals surface area contributed by atoms with Crippen LogP contribution in [0.25, 0.3) is 0 Å². The van der Waals surface area contributed by atoms with Crippen LogP contribution >= 0.6 is 0 Å². The molecule has 0 aliphatic heterocycles. The quantitative estimate of drug-likeness (QED) is 0.725. The first-order valence-electron chi connectivity index (χ1n) is 6.73. The highest BCUT2D eigenvalue weighted by Gasteiger charge is 2.04. The van der Waals surface area contributed by atoms with Gasteiger partial charge in [0.2, 0.25) is 0 Å². The molecule has 0 aliphatic carbocycles. The maximum atomic E-state index is 5.37. The molecule has 0 spiro atoms. The lowest BCUT2D eigenvalue weighted by Gasteiger charge is -2.11. The van der Waals surface area contributed by atoms with Gasteiger partial charge in [0.25, 0.3) is 0 Å². The van der Waals surface area contributed by atoms with Gasteiger partial charge in [-0.15, -0.1) is 0 Å². The van der Waals surface area contributed by atoms with E-state index in [9.17, 15) is 0 Å². The van der Waals surface area contributed by atoms with Gasteiger partial charge in [0.1, 0.15) is 17.3 Å². The van der Waals surface area contributed by atoms with Crippen LogP contribution in [-0.4, -0.2) is 30.7 Å². The minimum Gasteiger partial charge on any atom is -0.497 e. The molecule has 0 fully saturated rings. The van der Waals surface area contributed by atoms with Gasteiger partial charge in [-0.25, -0.2) is 4.98 Å². The predicted octanol–water partition coefficient (Wildman–Crippen LogP) is 2.15. The Morgan fingerprint density at radius 3 is 2.85 bits per heavy atom. The molecule has 20 heavy (non-hydrogen) atoms. The fourth-order valence-electron chi connectivity index (χ4n) is 2.04. The van der Waals surface area contributed by atoms with Gasteiger partial charge in [-0.3, -0.25) is 0 Å². The van der Waals surface area contributed by atoms with E-state index in [1.807, 2.05) is 24.4 Å². The minimum atomic E-state index is 0.783. The number of benzene rings is 1. The molecule has 2 rings (SSSR count). The Morgan fingerprint density at radius 2 is 2.15 bits per heavy atom. The second-order valence-corrected chi connectivity index (χ2v) is 4.49. The summed E-state index contributed by atoms with van der Waals surface area (Å²) in [6.45, 7) is 1.72. The molecule has 108 valence electrons. The van der Waals surface area contributed by atoms with Crippen LogP contribution in [-0.2, 0) is 13.0 Å². The van der Waals surface area contributed by atoms with E-state index >= 15 is 0 Å². The summed E-state index contributed by atoms with van der Waals surface area (Å²) in [4.78, 5) is 7.31. The van der Waals surface area contributed by atoms with E-state index in [-0.39, 0.29) is 0 Å². The van der Waals surface area contributed by atoms with Crippen LogP contribution in [0.4, 0.5) is 0 Å². The molecule has 0 amide bonds. The lowest BCUT2D eigenvalue weighted by atomic mass is 10.2. The molecule has 0 unspecified atom stereocenters. The van der Waals surface area contributed by atoms with Crippen LogP contribution in [0.1, 0.15) is 17.8 Å². The number of rotatable bonds is 8. The summed E-state index contributed by atoms with van der Waals surface area (Å²) in [5.74, 6) is 2.69. The van der Waals surface area contributed by atoms with E-state index in [4.69, 9.17) is 9.47 Å². The number of imidazole rings is 1. The summed E-state index contributed by atoms with van der Waals surface area (Å²) in [7, 11) is 3.33. The van der Waals surface area contributed by atoms with E-state index in [1.165, 1.54) is 0 Å². The fourth-order valence-corrected chi connectivity index (χ4v) is 2.04. The number of aryl methyl sites for hydroxylation is 1. The van der Waals surface area contributed by atoms with Gasteiger partial charge in [-0.2, -0.15) is 0 Å².